The van der Waals surface area contributed by atoms with Gasteiger partial charge >= 0.3 is 0 Å². The van der Waals surface area contributed by atoms with Gasteiger partial charge in [0.15, 0.2) is 11.5 Å². The van der Waals surface area contributed by atoms with Gasteiger partial charge in [0.1, 0.15) is 0 Å². The second-order valence-corrected chi connectivity index (χ2v) is 8.56. The van der Waals surface area contributed by atoms with Crippen LogP contribution in [0.2, 0.25) is 0 Å². The van der Waals surface area contributed by atoms with E-state index in [1.54, 1.807) is 0 Å². The minimum absolute atomic E-state index is 0.290. The number of benzene rings is 4. The fraction of sp³-hybridized carbons (Fsp3) is 0.179. The second kappa shape index (κ2) is 6.94. The van der Waals surface area contributed by atoms with Crippen molar-refractivity contribution in [3.05, 3.63) is 89.1 Å². The van der Waals surface area contributed by atoms with E-state index in [0.717, 1.165) is 42.2 Å². The lowest BCUT2D eigenvalue weighted by Crippen LogP contribution is -2.15. The van der Waals surface area contributed by atoms with Crippen LogP contribution in [-0.2, 0) is 24.2 Å². The van der Waals surface area contributed by atoms with E-state index >= 15 is 0 Å². The second-order valence-electron chi connectivity index (χ2n) is 8.56. The Kier molecular flexibility index (Phi) is 3.90. The van der Waals surface area contributed by atoms with Crippen LogP contribution in [0.5, 0.6) is 11.5 Å². The molecule has 0 fully saturated rings. The lowest BCUT2D eigenvalue weighted by atomic mass is 9.90. The summed E-state index contributed by atoms with van der Waals surface area (Å²) in [5.74, 6) is 1.62. The molecule has 3 heterocycles. The molecule has 2 aliphatic rings. The number of pyridine rings is 1. The molecule has 0 unspecified atom stereocenters. The number of hydrogen-bond acceptors (Lipinski definition) is 4. The first kappa shape index (κ1) is 18.0. The predicted molar refractivity (Wildman–Crippen MR) is 125 cm³/mol. The number of aromatic nitrogens is 1. The van der Waals surface area contributed by atoms with Gasteiger partial charge in [0.2, 0.25) is 6.79 Å². The van der Waals surface area contributed by atoms with E-state index in [0.29, 0.717) is 6.61 Å². The number of rotatable bonds is 2. The van der Waals surface area contributed by atoms with Crippen molar-refractivity contribution >= 4 is 32.4 Å². The molecule has 0 saturated carbocycles. The zero-order valence-corrected chi connectivity index (χ0v) is 17.6. The molecule has 0 radical (unpaired) electrons. The summed E-state index contributed by atoms with van der Waals surface area (Å²) in [7, 11) is 0. The lowest BCUT2D eigenvalue weighted by Gasteiger charge is -2.23. The summed E-state index contributed by atoms with van der Waals surface area (Å²) in [5, 5.41) is 6.35. The minimum Gasteiger partial charge on any atom is -0.454 e. The summed E-state index contributed by atoms with van der Waals surface area (Å²) in [4.78, 5) is 5.16. The Morgan fingerprint density at radius 3 is 2.59 bits per heavy atom. The molecular weight excluding hydrogens is 398 g/mol. The molecule has 2 aliphatic heterocycles. The molecule has 156 valence electrons. The summed E-state index contributed by atoms with van der Waals surface area (Å²) < 4.78 is 16.9. The van der Waals surface area contributed by atoms with Crippen molar-refractivity contribution in [1.29, 1.82) is 0 Å². The maximum Gasteiger partial charge on any atom is 0.231 e. The van der Waals surface area contributed by atoms with Crippen molar-refractivity contribution in [2.24, 2.45) is 0 Å². The summed E-state index contributed by atoms with van der Waals surface area (Å²) in [6, 6.07) is 23.7. The molecule has 7 rings (SSSR count). The summed E-state index contributed by atoms with van der Waals surface area (Å²) in [6.07, 6.45) is 1.66. The molecule has 4 nitrogen and oxygen atoms in total. The van der Waals surface area contributed by atoms with Crippen molar-refractivity contribution in [2.75, 3.05) is 13.4 Å². The number of ether oxygens (including phenoxy) is 3. The molecule has 32 heavy (non-hydrogen) atoms. The standard InChI is InChI=1S/C28H21NO3/c1-2-4-19-14-22-20(13-18(19)3-1)6-7-24-28(22)21-9-10-30-15-23(21)25(29-24)11-17-5-8-26-27(12-17)32-16-31-26/h1-8,12-14H,9-11,15-16H2. The molecule has 0 spiro atoms. The quantitative estimate of drug-likeness (QED) is 0.263. The Labute approximate surface area is 185 Å². The van der Waals surface area contributed by atoms with E-state index in [4.69, 9.17) is 19.2 Å². The van der Waals surface area contributed by atoms with Crippen LogP contribution in [0.15, 0.2) is 66.7 Å². The Morgan fingerprint density at radius 2 is 1.66 bits per heavy atom. The van der Waals surface area contributed by atoms with Gasteiger partial charge in [-0.2, -0.15) is 0 Å². The van der Waals surface area contributed by atoms with Crippen molar-refractivity contribution in [3.63, 3.8) is 0 Å². The van der Waals surface area contributed by atoms with Gasteiger partial charge in [0.05, 0.1) is 24.4 Å². The van der Waals surface area contributed by atoms with E-state index in [-0.39, 0.29) is 6.79 Å². The van der Waals surface area contributed by atoms with Gasteiger partial charge in [-0.15, -0.1) is 0 Å². The van der Waals surface area contributed by atoms with Crippen molar-refractivity contribution in [2.45, 2.75) is 19.4 Å². The molecule has 1 aromatic heterocycles. The molecule has 4 heteroatoms. The SMILES string of the molecule is c1ccc2cc3c(ccc4nc(Cc5ccc6c(c5)OCO6)c5c(c43)CCOC5)cc2c1. The lowest BCUT2D eigenvalue weighted by molar-refractivity contribution is 0.110. The van der Waals surface area contributed by atoms with Crippen molar-refractivity contribution in [1.82, 2.24) is 4.98 Å². The Morgan fingerprint density at radius 1 is 0.781 bits per heavy atom. The summed E-state index contributed by atoms with van der Waals surface area (Å²) in [5.41, 5.74) is 5.94. The van der Waals surface area contributed by atoms with E-state index in [2.05, 4.69) is 60.7 Å². The Hall–Kier alpha value is -3.63. The molecule has 0 saturated heterocycles. The highest BCUT2D eigenvalue weighted by Crippen LogP contribution is 2.37. The van der Waals surface area contributed by atoms with E-state index in [1.165, 1.54) is 43.6 Å². The average Bonchev–Trinajstić information content (AvgIpc) is 3.30. The molecule has 0 bridgehead atoms. The van der Waals surface area contributed by atoms with Crippen LogP contribution < -0.4 is 9.47 Å². The van der Waals surface area contributed by atoms with Crippen LogP contribution in [0.3, 0.4) is 0 Å². The zero-order chi connectivity index (χ0) is 21.1. The van der Waals surface area contributed by atoms with Crippen LogP contribution in [0, 0.1) is 0 Å². The Bertz CT molecular complexity index is 1540. The van der Waals surface area contributed by atoms with Crippen molar-refractivity contribution in [3.8, 4) is 11.5 Å². The molecule has 0 amide bonds. The highest BCUT2D eigenvalue weighted by molar-refractivity contribution is 6.12. The Balaban J connectivity index is 1.44. The van der Waals surface area contributed by atoms with E-state index in [1.807, 2.05) is 6.07 Å². The fourth-order valence-corrected chi connectivity index (χ4v) is 5.14. The van der Waals surface area contributed by atoms with E-state index in [9.17, 15) is 0 Å². The molecule has 0 aliphatic carbocycles. The van der Waals surface area contributed by atoms with Crippen molar-refractivity contribution < 1.29 is 14.2 Å². The molecular formula is C28H21NO3. The summed E-state index contributed by atoms with van der Waals surface area (Å²) >= 11 is 0. The number of fused-ring (bicyclic) bond motifs is 7. The van der Waals surface area contributed by atoms with Gasteiger partial charge in [-0.3, -0.25) is 4.98 Å². The molecule has 4 aromatic carbocycles. The third kappa shape index (κ3) is 2.76. The molecule has 0 atom stereocenters. The maximum atomic E-state index is 5.89. The van der Waals surface area contributed by atoms with Gasteiger partial charge in [-0.25, -0.2) is 0 Å². The highest BCUT2D eigenvalue weighted by atomic mass is 16.7. The van der Waals surface area contributed by atoms with Gasteiger partial charge in [-0.05, 0) is 69.4 Å². The third-order valence-corrected chi connectivity index (χ3v) is 6.69. The van der Waals surface area contributed by atoms with Gasteiger partial charge < -0.3 is 14.2 Å². The highest BCUT2D eigenvalue weighted by Gasteiger charge is 2.21. The predicted octanol–water partition coefficient (Wildman–Crippen LogP) is 5.93. The monoisotopic (exact) mass is 419 g/mol. The van der Waals surface area contributed by atoms with Crippen LogP contribution in [-0.4, -0.2) is 18.4 Å². The molecule has 0 N–H and O–H groups in total. The van der Waals surface area contributed by atoms with Crippen LogP contribution in [0.4, 0.5) is 0 Å². The van der Waals surface area contributed by atoms with Gasteiger partial charge in [0, 0.05) is 17.4 Å². The molecule has 5 aromatic rings. The first-order valence-electron chi connectivity index (χ1n) is 11.1. The smallest absolute Gasteiger partial charge is 0.231 e. The first-order chi connectivity index (χ1) is 15.8. The first-order valence-corrected chi connectivity index (χ1v) is 11.1. The normalized spacial score (nSPS) is 14.9. The van der Waals surface area contributed by atoms with Gasteiger partial charge in [0.25, 0.3) is 0 Å². The van der Waals surface area contributed by atoms with Crippen LogP contribution >= 0.6 is 0 Å². The van der Waals surface area contributed by atoms with Gasteiger partial charge in [-0.1, -0.05) is 36.4 Å². The minimum atomic E-state index is 0.290. The number of nitrogens with zero attached hydrogens (tertiary/aromatic N) is 1. The largest absolute Gasteiger partial charge is 0.454 e. The van der Waals surface area contributed by atoms with Crippen LogP contribution in [0.1, 0.15) is 22.4 Å². The number of hydrogen-bond donors (Lipinski definition) is 0. The van der Waals surface area contributed by atoms with E-state index < -0.39 is 0 Å². The zero-order valence-electron chi connectivity index (χ0n) is 17.6. The topological polar surface area (TPSA) is 40.6 Å². The van der Waals surface area contributed by atoms with Crippen LogP contribution in [0.25, 0.3) is 32.4 Å². The average molecular weight is 419 g/mol. The fourth-order valence-electron chi connectivity index (χ4n) is 5.14. The maximum absolute atomic E-state index is 5.89. The third-order valence-electron chi connectivity index (χ3n) is 6.69. The summed E-state index contributed by atoms with van der Waals surface area (Å²) in [6.45, 7) is 1.65.